The summed E-state index contributed by atoms with van der Waals surface area (Å²) in [7, 11) is 0. The lowest BCUT2D eigenvalue weighted by Crippen LogP contribution is -2.43. The fraction of sp³-hybridized carbons (Fsp3) is 0.414. The lowest BCUT2D eigenvalue weighted by Gasteiger charge is -2.29. The van der Waals surface area contributed by atoms with Crippen LogP contribution in [0.4, 0.5) is 0 Å². The molecule has 6 heterocycles. The Morgan fingerprint density at radius 1 is 0.472 bits per heavy atom. The number of amides is 4. The predicted molar refractivity (Wildman–Crippen MR) is 286 cm³/mol. The van der Waals surface area contributed by atoms with Gasteiger partial charge in [0.2, 0.25) is 23.6 Å². The molecule has 4 saturated heterocycles. The van der Waals surface area contributed by atoms with Crippen LogP contribution in [-0.4, -0.2) is 106 Å². The van der Waals surface area contributed by atoms with Crippen LogP contribution < -0.4 is 10.6 Å². The Balaban J connectivity index is 0.767. The Hall–Kier alpha value is -6.06. The molecule has 4 fully saturated rings. The highest BCUT2D eigenvalue weighted by molar-refractivity contribution is 7.15. The molecule has 4 aromatic carbocycles. The molecule has 2 N–H and O–H groups in total. The number of carbonyl (C=O) groups excluding carboxylic acids is 4. The second-order valence-electron chi connectivity index (χ2n) is 19.8. The minimum Gasteiger partial charge on any atom is -0.340 e. The summed E-state index contributed by atoms with van der Waals surface area (Å²) in [5, 5.41) is 8.07. The molecule has 0 aliphatic carbocycles. The van der Waals surface area contributed by atoms with Gasteiger partial charge in [0, 0.05) is 51.4 Å². The van der Waals surface area contributed by atoms with Crippen molar-refractivity contribution in [1.29, 1.82) is 0 Å². The molecule has 12 nitrogen and oxygen atoms in total. The third-order valence-corrected chi connectivity index (χ3v) is 17.2. The maximum Gasteiger partial charge on any atom is 0.250 e. The second kappa shape index (κ2) is 23.7. The van der Waals surface area contributed by atoms with E-state index in [4.69, 9.17) is 9.97 Å². The van der Waals surface area contributed by atoms with Gasteiger partial charge in [-0.1, -0.05) is 122 Å². The monoisotopic (exact) mass is 1000 g/mol. The van der Waals surface area contributed by atoms with Crippen LogP contribution >= 0.6 is 22.7 Å². The predicted octanol–water partition coefficient (Wildman–Crippen LogP) is 10.4. The fourth-order valence-corrected chi connectivity index (χ4v) is 13.1. The van der Waals surface area contributed by atoms with Gasteiger partial charge in [-0.2, -0.15) is 0 Å². The first-order valence-electron chi connectivity index (χ1n) is 26.2. The van der Waals surface area contributed by atoms with Crippen LogP contribution in [-0.2, 0) is 19.2 Å². The van der Waals surface area contributed by atoms with Crippen molar-refractivity contribution < 1.29 is 19.2 Å². The summed E-state index contributed by atoms with van der Waals surface area (Å²) >= 11 is 3.26. The second-order valence-corrected chi connectivity index (χ2v) is 21.9. The summed E-state index contributed by atoms with van der Waals surface area (Å²) in [6.45, 7) is 6.80. The highest BCUT2D eigenvalue weighted by Crippen LogP contribution is 2.41. The van der Waals surface area contributed by atoms with Gasteiger partial charge in [-0.3, -0.25) is 19.2 Å². The van der Waals surface area contributed by atoms with Crippen molar-refractivity contribution in [3.63, 3.8) is 0 Å². The van der Waals surface area contributed by atoms with Gasteiger partial charge in [-0.15, -0.1) is 22.7 Å². The zero-order valence-corrected chi connectivity index (χ0v) is 42.8. The van der Waals surface area contributed by atoms with Crippen LogP contribution in [0, 0.1) is 0 Å². The molecular weight excluding hydrogens is 937 g/mol. The van der Waals surface area contributed by atoms with Crippen molar-refractivity contribution in [3.8, 4) is 32.0 Å². The third kappa shape index (κ3) is 11.9. The lowest BCUT2D eigenvalue weighted by atomic mass is 10.0. The van der Waals surface area contributed by atoms with Crippen LogP contribution in [0.3, 0.4) is 0 Å². The van der Waals surface area contributed by atoms with Crippen molar-refractivity contribution in [2.75, 3.05) is 52.4 Å². The molecule has 72 heavy (non-hydrogen) atoms. The quantitative estimate of drug-likeness (QED) is 0.0924. The van der Waals surface area contributed by atoms with Gasteiger partial charge in [0.15, 0.2) is 0 Å². The van der Waals surface area contributed by atoms with Crippen molar-refractivity contribution in [2.24, 2.45) is 0 Å². The molecule has 14 heteroatoms. The van der Waals surface area contributed by atoms with E-state index in [1.807, 2.05) is 82.9 Å². The lowest BCUT2D eigenvalue weighted by molar-refractivity contribution is -0.137. The Labute approximate surface area is 431 Å². The zero-order chi connectivity index (χ0) is 49.2. The van der Waals surface area contributed by atoms with Gasteiger partial charge in [0.25, 0.3) is 0 Å². The number of piperidine rings is 2. The van der Waals surface area contributed by atoms with Crippen LogP contribution in [0.1, 0.15) is 122 Å². The average molecular weight is 1000 g/mol. The van der Waals surface area contributed by atoms with Crippen molar-refractivity contribution in [1.82, 2.24) is 40.2 Å². The molecule has 0 saturated carbocycles. The first kappa shape index (κ1) is 49.5. The number of rotatable bonds is 17. The molecule has 10 rings (SSSR count). The molecule has 4 atom stereocenters. The Kier molecular flexibility index (Phi) is 16.3. The standard InChI is InChI=1S/C58H66N8O4S2/c67-51(29-37-63-31-9-3-10-32-63)61-53(45-15-5-1-6-16-45)57(69)65-35-13-19-47(65)55-59-39-49(71-55)43-25-21-41(22-26-43)42-23-27-44(28-24-42)50-40-60-56(72-50)48-20-14-36-66(48)58(70)54(46-17-7-2-8-18-46)62-52(68)30-38-64-33-11-4-12-34-64/h1-2,5-8,15-18,21-28,39-40,47-48,53-54H,3-4,9-14,19-20,29-38H2,(H,61,67)(H,62,68)/t47-,48-,53+,54+/m0/s1. The maximum absolute atomic E-state index is 14.4. The number of nitrogens with zero attached hydrogens (tertiary/aromatic N) is 6. The zero-order valence-electron chi connectivity index (χ0n) is 41.1. The molecule has 0 bridgehead atoms. The molecule has 4 aliphatic heterocycles. The summed E-state index contributed by atoms with van der Waals surface area (Å²) in [5.74, 6) is -0.361. The van der Waals surface area contributed by atoms with Crippen molar-refractivity contribution >= 4 is 46.3 Å². The van der Waals surface area contributed by atoms with E-state index in [1.54, 1.807) is 22.7 Å². The number of hydrogen-bond acceptors (Lipinski definition) is 10. The molecule has 2 aromatic heterocycles. The number of hydrogen-bond donors (Lipinski definition) is 2. The highest BCUT2D eigenvalue weighted by Gasteiger charge is 2.39. The minimum absolute atomic E-state index is 0.0841. The van der Waals surface area contributed by atoms with Gasteiger partial charge >= 0.3 is 0 Å². The number of likely N-dealkylation sites (tertiary alicyclic amines) is 4. The summed E-state index contributed by atoms with van der Waals surface area (Å²) in [6.07, 6.45) is 15.2. The van der Waals surface area contributed by atoms with Crippen LogP contribution in [0.5, 0.6) is 0 Å². The Morgan fingerprint density at radius 3 is 1.24 bits per heavy atom. The van der Waals surface area contributed by atoms with E-state index in [0.717, 1.165) is 105 Å². The van der Waals surface area contributed by atoms with E-state index in [0.29, 0.717) is 39.0 Å². The molecule has 0 spiro atoms. The first-order valence-corrected chi connectivity index (χ1v) is 27.8. The molecule has 0 unspecified atom stereocenters. The fourth-order valence-electron chi connectivity index (χ4n) is 10.9. The largest absolute Gasteiger partial charge is 0.340 e. The molecule has 374 valence electrons. The summed E-state index contributed by atoms with van der Waals surface area (Å²) in [5.41, 5.74) is 5.93. The molecule has 4 aliphatic rings. The Bertz CT molecular complexity index is 2560. The molecule has 4 amide bonds. The maximum atomic E-state index is 14.4. The van der Waals surface area contributed by atoms with Crippen molar-refractivity contribution in [3.05, 3.63) is 143 Å². The SMILES string of the molecule is O=C(CCN1CCCCC1)N[C@@H](C(=O)N1CCC[C@H]1c1ncc(-c2ccc(-c3ccc(-c4cnc([C@@H]5CCCN5C(=O)[C@H](NC(=O)CCN5CCCCC5)c5ccccc5)s4)cc3)cc2)s1)c1ccccc1. The number of carbonyl (C=O) groups is 4. The smallest absolute Gasteiger partial charge is 0.250 e. The number of aromatic nitrogens is 2. The average Bonchev–Trinajstić information content (AvgIpc) is 4.30. The van der Waals surface area contributed by atoms with E-state index < -0.39 is 12.1 Å². The van der Waals surface area contributed by atoms with Crippen molar-refractivity contribution in [2.45, 2.75) is 101 Å². The topological polar surface area (TPSA) is 131 Å². The molecular formula is C58H66N8O4S2. The first-order chi connectivity index (χ1) is 35.3. The van der Waals surface area contributed by atoms with Gasteiger partial charge in [0.1, 0.15) is 22.1 Å². The molecule has 0 radical (unpaired) electrons. The third-order valence-electron chi connectivity index (χ3n) is 14.9. The van der Waals surface area contributed by atoms with E-state index in [9.17, 15) is 19.2 Å². The van der Waals surface area contributed by atoms with E-state index in [-0.39, 0.29) is 35.7 Å². The van der Waals surface area contributed by atoms with Crippen LogP contribution in [0.15, 0.2) is 122 Å². The van der Waals surface area contributed by atoms with E-state index in [2.05, 4.69) is 69.0 Å². The number of benzene rings is 4. The minimum atomic E-state index is -0.749. The normalized spacial score (nSPS) is 19.5. The molecule has 6 aromatic rings. The van der Waals surface area contributed by atoms with Gasteiger partial charge < -0.3 is 30.2 Å². The van der Waals surface area contributed by atoms with E-state index in [1.165, 1.54) is 38.5 Å². The summed E-state index contributed by atoms with van der Waals surface area (Å²) < 4.78 is 0. The van der Waals surface area contributed by atoms with Gasteiger partial charge in [0.05, 0.1) is 21.8 Å². The summed E-state index contributed by atoms with van der Waals surface area (Å²) in [4.78, 5) is 75.9. The summed E-state index contributed by atoms with van der Waals surface area (Å²) in [6, 6.07) is 34.6. The van der Waals surface area contributed by atoms with Gasteiger partial charge in [-0.05, 0) is 111 Å². The van der Waals surface area contributed by atoms with Gasteiger partial charge in [-0.25, -0.2) is 9.97 Å². The number of thiazole rings is 2. The highest BCUT2D eigenvalue weighted by atomic mass is 32.1. The number of nitrogens with one attached hydrogen (secondary N) is 2. The van der Waals surface area contributed by atoms with E-state index >= 15 is 0 Å². The van der Waals surface area contributed by atoms with Crippen LogP contribution in [0.25, 0.3) is 32.0 Å². The Morgan fingerprint density at radius 2 is 0.847 bits per heavy atom. The van der Waals surface area contributed by atoms with Crippen LogP contribution in [0.2, 0.25) is 0 Å².